The Morgan fingerprint density at radius 1 is 1.33 bits per heavy atom. The van der Waals surface area contributed by atoms with Crippen molar-refractivity contribution in [1.29, 1.82) is 0 Å². The standard InChI is InChI=1S/C8H14O4/c1-2-3-6-8(11)7(10)5(9)4-12-6/h2,5-11H,1,3-4H2/t5-,6+,7-,8?/m1/s1. The highest BCUT2D eigenvalue weighted by Crippen LogP contribution is 2.17. The molecule has 1 rings (SSSR count). The van der Waals surface area contributed by atoms with Gasteiger partial charge in [0.15, 0.2) is 0 Å². The van der Waals surface area contributed by atoms with Crippen LogP contribution in [0.2, 0.25) is 0 Å². The number of hydrogen-bond acceptors (Lipinski definition) is 4. The molecular formula is C8H14O4. The fraction of sp³-hybridized carbons (Fsp3) is 0.750. The first kappa shape index (κ1) is 9.67. The lowest BCUT2D eigenvalue weighted by atomic mass is 9.98. The average Bonchev–Trinajstić information content (AvgIpc) is 2.07. The van der Waals surface area contributed by atoms with E-state index < -0.39 is 24.4 Å². The van der Waals surface area contributed by atoms with E-state index in [1.165, 1.54) is 0 Å². The van der Waals surface area contributed by atoms with E-state index in [0.717, 1.165) is 0 Å². The lowest BCUT2D eigenvalue weighted by Gasteiger charge is -2.34. The van der Waals surface area contributed by atoms with E-state index in [1.807, 2.05) is 0 Å². The molecule has 0 amide bonds. The van der Waals surface area contributed by atoms with Crippen LogP contribution in [0.25, 0.3) is 0 Å². The molecule has 1 unspecified atom stereocenters. The van der Waals surface area contributed by atoms with E-state index in [4.69, 9.17) is 9.84 Å². The van der Waals surface area contributed by atoms with Gasteiger partial charge in [-0.05, 0) is 6.42 Å². The quantitative estimate of drug-likeness (QED) is 0.472. The molecule has 1 aliphatic heterocycles. The summed E-state index contributed by atoms with van der Waals surface area (Å²) in [5, 5.41) is 27.7. The number of ether oxygens (including phenoxy) is 1. The van der Waals surface area contributed by atoms with Crippen LogP contribution in [0.3, 0.4) is 0 Å². The van der Waals surface area contributed by atoms with Gasteiger partial charge in [-0.25, -0.2) is 0 Å². The van der Waals surface area contributed by atoms with Gasteiger partial charge in [-0.1, -0.05) is 6.08 Å². The predicted octanol–water partition coefficient (Wildman–Crippen LogP) is -0.956. The fourth-order valence-electron chi connectivity index (χ4n) is 1.24. The van der Waals surface area contributed by atoms with E-state index in [9.17, 15) is 10.2 Å². The van der Waals surface area contributed by atoms with Crippen molar-refractivity contribution in [1.82, 2.24) is 0 Å². The molecule has 0 radical (unpaired) electrons. The van der Waals surface area contributed by atoms with Crippen molar-refractivity contribution in [3.05, 3.63) is 12.7 Å². The maximum absolute atomic E-state index is 9.36. The highest BCUT2D eigenvalue weighted by molar-refractivity contribution is 4.89. The first-order chi connectivity index (χ1) is 5.66. The van der Waals surface area contributed by atoms with Crippen LogP contribution in [-0.2, 0) is 4.74 Å². The van der Waals surface area contributed by atoms with Crippen molar-refractivity contribution in [2.75, 3.05) is 6.61 Å². The van der Waals surface area contributed by atoms with Crippen LogP contribution in [0.5, 0.6) is 0 Å². The summed E-state index contributed by atoms with van der Waals surface area (Å²) in [6, 6.07) is 0. The summed E-state index contributed by atoms with van der Waals surface area (Å²) >= 11 is 0. The van der Waals surface area contributed by atoms with Crippen LogP contribution < -0.4 is 0 Å². The molecule has 4 nitrogen and oxygen atoms in total. The van der Waals surface area contributed by atoms with Crippen LogP contribution in [0.4, 0.5) is 0 Å². The number of aliphatic hydroxyl groups is 3. The van der Waals surface area contributed by atoms with E-state index >= 15 is 0 Å². The molecule has 0 saturated carbocycles. The van der Waals surface area contributed by atoms with Gasteiger partial charge in [-0.15, -0.1) is 6.58 Å². The fourth-order valence-corrected chi connectivity index (χ4v) is 1.24. The Morgan fingerprint density at radius 3 is 2.58 bits per heavy atom. The minimum Gasteiger partial charge on any atom is -0.388 e. The zero-order valence-corrected chi connectivity index (χ0v) is 6.76. The van der Waals surface area contributed by atoms with Gasteiger partial charge < -0.3 is 20.1 Å². The van der Waals surface area contributed by atoms with Crippen molar-refractivity contribution in [3.63, 3.8) is 0 Å². The maximum atomic E-state index is 9.36. The van der Waals surface area contributed by atoms with Crippen LogP contribution in [0.15, 0.2) is 12.7 Å². The van der Waals surface area contributed by atoms with Crippen molar-refractivity contribution < 1.29 is 20.1 Å². The largest absolute Gasteiger partial charge is 0.388 e. The van der Waals surface area contributed by atoms with Gasteiger partial charge >= 0.3 is 0 Å². The van der Waals surface area contributed by atoms with Crippen LogP contribution in [-0.4, -0.2) is 46.3 Å². The molecule has 1 saturated heterocycles. The smallest absolute Gasteiger partial charge is 0.111 e. The van der Waals surface area contributed by atoms with E-state index in [-0.39, 0.29) is 6.61 Å². The summed E-state index contributed by atoms with van der Waals surface area (Å²) in [4.78, 5) is 0. The van der Waals surface area contributed by atoms with Gasteiger partial charge in [0.05, 0.1) is 12.7 Å². The molecule has 70 valence electrons. The van der Waals surface area contributed by atoms with E-state index in [1.54, 1.807) is 6.08 Å². The van der Waals surface area contributed by atoms with Crippen LogP contribution in [0, 0.1) is 0 Å². The molecule has 0 aliphatic carbocycles. The number of rotatable bonds is 2. The summed E-state index contributed by atoms with van der Waals surface area (Å²) in [6.07, 6.45) is -1.47. The minimum atomic E-state index is -1.11. The minimum absolute atomic E-state index is 0.0662. The molecule has 1 aliphatic rings. The van der Waals surface area contributed by atoms with Crippen molar-refractivity contribution in [2.45, 2.75) is 30.8 Å². The molecule has 1 heterocycles. The van der Waals surface area contributed by atoms with E-state index in [0.29, 0.717) is 6.42 Å². The Kier molecular flexibility index (Phi) is 3.22. The molecule has 0 spiro atoms. The van der Waals surface area contributed by atoms with E-state index in [2.05, 4.69) is 6.58 Å². The Balaban J connectivity index is 2.52. The second kappa shape index (κ2) is 4.00. The molecule has 12 heavy (non-hydrogen) atoms. The molecule has 0 aromatic rings. The average molecular weight is 174 g/mol. The second-order valence-electron chi connectivity index (χ2n) is 2.94. The highest BCUT2D eigenvalue weighted by atomic mass is 16.5. The van der Waals surface area contributed by atoms with Gasteiger partial charge in [-0.2, -0.15) is 0 Å². The third-order valence-electron chi connectivity index (χ3n) is 2.01. The Bertz CT molecular complexity index is 159. The lowest BCUT2D eigenvalue weighted by Crippen LogP contribution is -2.52. The Morgan fingerprint density at radius 2 is 2.00 bits per heavy atom. The summed E-state index contributed by atoms with van der Waals surface area (Å²) in [6.45, 7) is 3.56. The van der Waals surface area contributed by atoms with Crippen molar-refractivity contribution >= 4 is 0 Å². The van der Waals surface area contributed by atoms with Crippen molar-refractivity contribution in [2.24, 2.45) is 0 Å². The SMILES string of the molecule is C=CC[C@@H]1OC[C@@H](O)[C@@H](O)C1O. The van der Waals surface area contributed by atoms with Gasteiger partial charge in [0.1, 0.15) is 18.3 Å². The summed E-state index contributed by atoms with van der Waals surface area (Å²) < 4.78 is 5.08. The molecule has 0 aromatic carbocycles. The van der Waals surface area contributed by atoms with Crippen LogP contribution in [0.1, 0.15) is 6.42 Å². The van der Waals surface area contributed by atoms with Crippen molar-refractivity contribution in [3.8, 4) is 0 Å². The first-order valence-corrected chi connectivity index (χ1v) is 3.93. The number of aliphatic hydroxyl groups excluding tert-OH is 3. The van der Waals surface area contributed by atoms with Gasteiger partial charge in [0, 0.05) is 0 Å². The molecule has 0 aromatic heterocycles. The predicted molar refractivity (Wildman–Crippen MR) is 42.6 cm³/mol. The molecule has 4 heteroatoms. The maximum Gasteiger partial charge on any atom is 0.111 e. The second-order valence-corrected chi connectivity index (χ2v) is 2.94. The summed E-state index contributed by atoms with van der Waals surface area (Å²) in [7, 11) is 0. The Hall–Kier alpha value is -0.420. The molecule has 1 fully saturated rings. The highest BCUT2D eigenvalue weighted by Gasteiger charge is 2.36. The molecule has 3 N–H and O–H groups in total. The zero-order chi connectivity index (χ0) is 9.14. The Labute approximate surface area is 71.1 Å². The summed E-state index contributed by atoms with van der Waals surface area (Å²) in [5.74, 6) is 0. The van der Waals surface area contributed by atoms with Gasteiger partial charge in [0.2, 0.25) is 0 Å². The normalized spacial score (nSPS) is 42.6. The lowest BCUT2D eigenvalue weighted by molar-refractivity contribution is -0.185. The number of hydrogen-bond donors (Lipinski definition) is 3. The van der Waals surface area contributed by atoms with Gasteiger partial charge in [-0.3, -0.25) is 0 Å². The molecule has 0 bridgehead atoms. The monoisotopic (exact) mass is 174 g/mol. The topological polar surface area (TPSA) is 69.9 Å². The zero-order valence-electron chi connectivity index (χ0n) is 6.76. The third kappa shape index (κ3) is 1.84. The summed E-state index contributed by atoms with van der Waals surface area (Å²) in [5.41, 5.74) is 0. The molecule has 4 atom stereocenters. The first-order valence-electron chi connectivity index (χ1n) is 3.93. The van der Waals surface area contributed by atoms with Gasteiger partial charge in [0.25, 0.3) is 0 Å². The third-order valence-corrected chi connectivity index (χ3v) is 2.01. The molecular weight excluding hydrogens is 160 g/mol. The van der Waals surface area contributed by atoms with Crippen LogP contribution >= 0.6 is 0 Å².